The summed E-state index contributed by atoms with van der Waals surface area (Å²) in [6, 6.07) is 13.8. The Kier molecular flexibility index (Phi) is 3.08. The van der Waals surface area contributed by atoms with Crippen molar-refractivity contribution in [1.82, 2.24) is 8.33 Å². The summed E-state index contributed by atoms with van der Waals surface area (Å²) in [5.41, 5.74) is 1.67. The van der Waals surface area contributed by atoms with E-state index in [1.165, 1.54) is 11.7 Å². The minimum absolute atomic E-state index is 0.00805. The van der Waals surface area contributed by atoms with Crippen molar-refractivity contribution < 1.29 is 0 Å². The molecule has 0 unspecified atom stereocenters. The smallest absolute Gasteiger partial charge is 0.266 e. The summed E-state index contributed by atoms with van der Waals surface area (Å²) in [4.78, 5) is 13.1. The van der Waals surface area contributed by atoms with Gasteiger partial charge in [0.1, 0.15) is 0 Å². The molecular formula is C13H10N2OS2. The molecule has 0 radical (unpaired) electrons. The number of hydrogen-bond donors (Lipinski definition) is 0. The molecule has 0 aliphatic heterocycles. The molecule has 0 aliphatic rings. The molecule has 18 heavy (non-hydrogen) atoms. The van der Waals surface area contributed by atoms with E-state index < -0.39 is 0 Å². The van der Waals surface area contributed by atoms with Gasteiger partial charge in [0.2, 0.25) is 0 Å². The van der Waals surface area contributed by atoms with E-state index >= 15 is 0 Å². The zero-order chi connectivity index (χ0) is 12.4. The van der Waals surface area contributed by atoms with Crippen molar-refractivity contribution in [3.63, 3.8) is 0 Å². The van der Waals surface area contributed by atoms with Gasteiger partial charge in [0.15, 0.2) is 5.69 Å². The average molecular weight is 274 g/mol. The molecule has 0 bridgehead atoms. The molecule has 0 aliphatic carbocycles. The first-order valence-corrected chi connectivity index (χ1v) is 7.10. The molecule has 0 atom stereocenters. The van der Waals surface area contributed by atoms with Crippen molar-refractivity contribution in [2.45, 2.75) is 6.54 Å². The van der Waals surface area contributed by atoms with E-state index in [9.17, 15) is 4.79 Å². The largest absolute Gasteiger partial charge is 0.289 e. The maximum absolute atomic E-state index is 12.2. The third kappa shape index (κ3) is 2.14. The standard InChI is InChI=1S/C13H10N2OS2/c16-13-12(11-7-4-8-17-11)14-18-15(13)9-10-5-2-1-3-6-10/h1-8H,9H2. The molecule has 0 N–H and O–H groups in total. The maximum Gasteiger partial charge on any atom is 0.289 e. The minimum atomic E-state index is -0.00805. The van der Waals surface area contributed by atoms with Gasteiger partial charge >= 0.3 is 0 Å². The number of benzene rings is 1. The highest BCUT2D eigenvalue weighted by atomic mass is 32.1. The lowest BCUT2D eigenvalue weighted by atomic mass is 10.2. The summed E-state index contributed by atoms with van der Waals surface area (Å²) < 4.78 is 5.94. The first-order valence-electron chi connectivity index (χ1n) is 5.49. The van der Waals surface area contributed by atoms with Gasteiger partial charge in [-0.25, -0.2) is 3.96 Å². The average Bonchev–Trinajstić information content (AvgIpc) is 3.02. The van der Waals surface area contributed by atoms with Crippen LogP contribution < -0.4 is 5.56 Å². The molecule has 0 saturated carbocycles. The van der Waals surface area contributed by atoms with Crippen LogP contribution in [0.3, 0.4) is 0 Å². The summed E-state index contributed by atoms with van der Waals surface area (Å²) in [5.74, 6) is 0. The minimum Gasteiger partial charge on any atom is -0.266 e. The van der Waals surface area contributed by atoms with Gasteiger partial charge in [0, 0.05) is 11.7 Å². The van der Waals surface area contributed by atoms with Crippen LogP contribution in [-0.2, 0) is 6.54 Å². The second-order valence-electron chi connectivity index (χ2n) is 3.83. The maximum atomic E-state index is 12.2. The van der Waals surface area contributed by atoms with E-state index in [2.05, 4.69) is 4.37 Å². The van der Waals surface area contributed by atoms with E-state index in [1.54, 1.807) is 15.3 Å². The molecule has 0 saturated heterocycles. The predicted molar refractivity (Wildman–Crippen MR) is 75.2 cm³/mol. The van der Waals surface area contributed by atoms with Crippen LogP contribution in [0.1, 0.15) is 5.56 Å². The number of thiophene rings is 1. The Morgan fingerprint density at radius 2 is 1.94 bits per heavy atom. The molecule has 5 heteroatoms. The second kappa shape index (κ2) is 4.88. The van der Waals surface area contributed by atoms with Crippen LogP contribution in [0, 0.1) is 0 Å². The van der Waals surface area contributed by atoms with Gasteiger partial charge < -0.3 is 0 Å². The first kappa shape index (κ1) is 11.4. The number of aromatic nitrogens is 2. The van der Waals surface area contributed by atoms with Gasteiger partial charge in [-0.05, 0) is 17.0 Å². The third-order valence-corrected chi connectivity index (χ3v) is 4.22. The first-order chi connectivity index (χ1) is 8.84. The highest BCUT2D eigenvalue weighted by Gasteiger charge is 2.11. The Bertz CT molecular complexity index is 683. The van der Waals surface area contributed by atoms with Crippen LogP contribution in [0.2, 0.25) is 0 Å². The van der Waals surface area contributed by atoms with Crippen molar-refractivity contribution in [3.8, 4) is 10.6 Å². The van der Waals surface area contributed by atoms with E-state index in [0.717, 1.165) is 10.4 Å². The van der Waals surface area contributed by atoms with Gasteiger partial charge in [-0.15, -0.1) is 11.3 Å². The Morgan fingerprint density at radius 1 is 1.11 bits per heavy atom. The fourth-order valence-corrected chi connectivity index (χ4v) is 3.19. The molecule has 90 valence electrons. The molecular weight excluding hydrogens is 264 g/mol. The van der Waals surface area contributed by atoms with Gasteiger partial charge in [0.25, 0.3) is 5.56 Å². The fourth-order valence-electron chi connectivity index (χ4n) is 1.70. The fraction of sp³-hybridized carbons (Fsp3) is 0.0769. The number of rotatable bonds is 3. The van der Waals surface area contributed by atoms with Crippen LogP contribution in [-0.4, -0.2) is 8.33 Å². The van der Waals surface area contributed by atoms with Crippen LogP contribution in [0.4, 0.5) is 0 Å². The quantitative estimate of drug-likeness (QED) is 0.735. The van der Waals surface area contributed by atoms with Crippen LogP contribution >= 0.6 is 23.1 Å². The topological polar surface area (TPSA) is 34.9 Å². The summed E-state index contributed by atoms with van der Waals surface area (Å²) in [5, 5.41) is 1.95. The van der Waals surface area contributed by atoms with E-state index in [0.29, 0.717) is 12.2 Å². The van der Waals surface area contributed by atoms with E-state index in [-0.39, 0.29) is 5.56 Å². The second-order valence-corrected chi connectivity index (χ2v) is 5.56. The Labute approximate surface area is 112 Å². The predicted octanol–water partition coefficient (Wildman–Crippen LogP) is 3.08. The van der Waals surface area contributed by atoms with Gasteiger partial charge in [-0.1, -0.05) is 36.4 Å². The lowest BCUT2D eigenvalue weighted by molar-refractivity contribution is 0.851. The molecule has 3 aromatic rings. The van der Waals surface area contributed by atoms with E-state index in [4.69, 9.17) is 0 Å². The van der Waals surface area contributed by atoms with Crippen molar-refractivity contribution in [1.29, 1.82) is 0 Å². The zero-order valence-corrected chi connectivity index (χ0v) is 11.1. The molecule has 0 fully saturated rings. The molecule has 1 aromatic carbocycles. The molecule has 3 nitrogen and oxygen atoms in total. The van der Waals surface area contributed by atoms with E-state index in [1.807, 2.05) is 47.8 Å². The highest BCUT2D eigenvalue weighted by Crippen LogP contribution is 2.20. The van der Waals surface area contributed by atoms with Crippen molar-refractivity contribution >= 4 is 23.1 Å². The lowest BCUT2D eigenvalue weighted by Gasteiger charge is -1.98. The molecule has 3 rings (SSSR count). The normalized spacial score (nSPS) is 10.7. The SMILES string of the molecule is O=c1c(-c2cccs2)nsn1Cc1ccccc1. The van der Waals surface area contributed by atoms with Crippen LogP contribution in [0.5, 0.6) is 0 Å². The molecule has 0 spiro atoms. The van der Waals surface area contributed by atoms with Gasteiger partial charge in [0.05, 0.1) is 11.4 Å². The summed E-state index contributed by atoms with van der Waals surface area (Å²) in [6.45, 7) is 0.586. The van der Waals surface area contributed by atoms with Crippen LogP contribution in [0.25, 0.3) is 10.6 Å². The van der Waals surface area contributed by atoms with Crippen LogP contribution in [0.15, 0.2) is 52.6 Å². The molecule has 2 heterocycles. The molecule has 2 aromatic heterocycles. The summed E-state index contributed by atoms with van der Waals surface area (Å²) in [6.07, 6.45) is 0. The van der Waals surface area contributed by atoms with Gasteiger partial charge in [-0.2, -0.15) is 4.37 Å². The van der Waals surface area contributed by atoms with Crippen molar-refractivity contribution in [3.05, 3.63) is 63.8 Å². The van der Waals surface area contributed by atoms with Crippen molar-refractivity contribution in [2.24, 2.45) is 0 Å². The lowest BCUT2D eigenvalue weighted by Crippen LogP contribution is -2.15. The Hall–Kier alpha value is -1.72. The number of hydrogen-bond acceptors (Lipinski definition) is 4. The Balaban J connectivity index is 1.94. The monoisotopic (exact) mass is 274 g/mol. The summed E-state index contributed by atoms with van der Waals surface area (Å²) >= 11 is 2.77. The third-order valence-electron chi connectivity index (χ3n) is 2.58. The van der Waals surface area contributed by atoms with Gasteiger partial charge in [-0.3, -0.25) is 4.79 Å². The highest BCUT2D eigenvalue weighted by molar-refractivity contribution is 7.13. The number of nitrogens with zero attached hydrogens (tertiary/aromatic N) is 2. The van der Waals surface area contributed by atoms with Crippen molar-refractivity contribution in [2.75, 3.05) is 0 Å². The Morgan fingerprint density at radius 3 is 2.67 bits per heavy atom. The summed E-state index contributed by atoms with van der Waals surface area (Å²) in [7, 11) is 0. The zero-order valence-electron chi connectivity index (χ0n) is 9.45. The molecule has 0 amide bonds.